The normalized spacial score (nSPS) is 11.0. The number of rotatable bonds is 6. The Labute approximate surface area is 183 Å². The van der Waals surface area contributed by atoms with E-state index in [9.17, 15) is 18.0 Å². The van der Waals surface area contributed by atoms with Crippen LogP contribution in [0.4, 0.5) is 36.2 Å². The number of nitrogens with zero attached hydrogens (tertiary/aromatic N) is 2. The fraction of sp³-hybridized carbons (Fsp3) is 0.0556. The highest BCUT2D eigenvalue weighted by Crippen LogP contribution is 2.28. The molecule has 3 aromatic rings. The van der Waals surface area contributed by atoms with Crippen molar-refractivity contribution in [2.45, 2.75) is 6.36 Å². The number of benzene rings is 2. The Morgan fingerprint density at radius 1 is 1.03 bits per heavy atom. The molecule has 31 heavy (non-hydrogen) atoms. The van der Waals surface area contributed by atoms with Crippen molar-refractivity contribution in [3.63, 3.8) is 0 Å². The van der Waals surface area contributed by atoms with E-state index in [1.807, 2.05) is 0 Å². The molecule has 3 rings (SSSR count). The second-order valence-electron chi connectivity index (χ2n) is 5.89. The first-order valence-corrected chi connectivity index (χ1v) is 9.12. The number of alkyl halides is 3. The number of ether oxygens (including phenoxy) is 1. The van der Waals surface area contributed by atoms with Crippen LogP contribution in [0.3, 0.4) is 0 Å². The number of hydrazine groups is 1. The number of anilines is 4. The van der Waals surface area contributed by atoms with Gasteiger partial charge in [-0.25, -0.2) is 9.97 Å². The summed E-state index contributed by atoms with van der Waals surface area (Å²) in [4.78, 5) is 20.2. The monoisotopic (exact) mass is 472 g/mol. The average molecular weight is 473 g/mol. The van der Waals surface area contributed by atoms with Crippen molar-refractivity contribution in [2.75, 3.05) is 16.5 Å². The van der Waals surface area contributed by atoms with E-state index in [0.717, 1.165) is 12.1 Å². The highest BCUT2D eigenvalue weighted by molar-refractivity contribution is 6.36. The summed E-state index contributed by atoms with van der Waals surface area (Å²) in [5.41, 5.74) is 11.6. The van der Waals surface area contributed by atoms with Crippen molar-refractivity contribution < 1.29 is 22.7 Å². The fourth-order valence-electron chi connectivity index (χ4n) is 2.33. The van der Waals surface area contributed by atoms with Gasteiger partial charge in [0.1, 0.15) is 17.8 Å². The van der Waals surface area contributed by atoms with Crippen LogP contribution in [0.25, 0.3) is 0 Å². The maximum atomic E-state index is 12.3. The van der Waals surface area contributed by atoms with Crippen LogP contribution in [-0.2, 0) is 0 Å². The molecular weight excluding hydrogens is 460 g/mol. The number of hydrogen-bond donors (Lipinski definition) is 4. The molecule has 0 saturated heterocycles. The summed E-state index contributed by atoms with van der Waals surface area (Å²) in [5, 5.41) is 3.37. The van der Waals surface area contributed by atoms with Gasteiger partial charge < -0.3 is 15.8 Å². The molecule has 0 spiro atoms. The largest absolute Gasteiger partial charge is 0.573 e. The molecule has 0 aliphatic carbocycles. The third-order valence-electron chi connectivity index (χ3n) is 3.70. The summed E-state index contributed by atoms with van der Waals surface area (Å²) in [6.45, 7) is 0. The van der Waals surface area contributed by atoms with Crippen LogP contribution in [0.1, 0.15) is 10.4 Å². The molecule has 0 aliphatic rings. The lowest BCUT2D eigenvalue weighted by atomic mass is 10.2. The molecule has 0 unspecified atom stereocenters. The molecule has 13 heteroatoms. The van der Waals surface area contributed by atoms with Gasteiger partial charge in [0.25, 0.3) is 5.91 Å². The van der Waals surface area contributed by atoms with E-state index in [4.69, 9.17) is 28.9 Å². The number of carbonyl (C=O) groups excluding carboxylic acids is 1. The first-order valence-electron chi connectivity index (χ1n) is 8.37. The highest BCUT2D eigenvalue weighted by atomic mass is 35.5. The van der Waals surface area contributed by atoms with Gasteiger partial charge in [-0.1, -0.05) is 23.2 Å². The summed E-state index contributed by atoms with van der Waals surface area (Å²) in [6, 6.07) is 9.33. The zero-order valence-corrected chi connectivity index (χ0v) is 16.8. The van der Waals surface area contributed by atoms with E-state index < -0.39 is 12.3 Å². The molecule has 5 N–H and O–H groups in total. The Hall–Kier alpha value is -3.44. The van der Waals surface area contributed by atoms with E-state index >= 15 is 0 Å². The Morgan fingerprint density at radius 3 is 2.35 bits per heavy atom. The van der Waals surface area contributed by atoms with Gasteiger partial charge >= 0.3 is 6.36 Å². The molecule has 2 aromatic carbocycles. The lowest BCUT2D eigenvalue weighted by molar-refractivity contribution is -0.274. The zero-order chi connectivity index (χ0) is 22.6. The van der Waals surface area contributed by atoms with Crippen molar-refractivity contribution in [2.24, 2.45) is 0 Å². The fourth-order valence-corrected chi connectivity index (χ4v) is 2.82. The molecule has 8 nitrogen and oxygen atoms in total. The van der Waals surface area contributed by atoms with Gasteiger partial charge in [-0.2, -0.15) is 0 Å². The van der Waals surface area contributed by atoms with Gasteiger partial charge in [0, 0.05) is 10.7 Å². The van der Waals surface area contributed by atoms with Crippen LogP contribution >= 0.6 is 23.2 Å². The van der Waals surface area contributed by atoms with Crippen LogP contribution in [0.2, 0.25) is 10.0 Å². The van der Waals surface area contributed by atoms with Crippen LogP contribution in [0, 0.1) is 0 Å². The van der Waals surface area contributed by atoms with Crippen molar-refractivity contribution in [3.8, 4) is 5.75 Å². The number of nitrogens with two attached hydrogens (primary N) is 1. The average Bonchev–Trinajstić information content (AvgIpc) is 2.69. The standard InChI is InChI=1S/C18H13Cl2F3N6O2/c19-9-1-6-12(13(20)7-9)17(30)29-28-16-14(24)15(25-8-26-16)27-10-2-4-11(5-3-10)31-18(21,22)23/h1-8H,24H2,(H,29,30)(H2,25,26,27,28). The molecule has 1 amide bonds. The molecule has 0 bridgehead atoms. The smallest absolute Gasteiger partial charge is 0.406 e. The quantitative estimate of drug-likeness (QED) is 0.382. The number of aromatic nitrogens is 2. The van der Waals surface area contributed by atoms with Crippen LogP contribution < -0.4 is 26.6 Å². The maximum Gasteiger partial charge on any atom is 0.573 e. The second-order valence-corrected chi connectivity index (χ2v) is 6.73. The summed E-state index contributed by atoms with van der Waals surface area (Å²) in [6.07, 6.45) is -3.61. The minimum atomic E-state index is -4.78. The third-order valence-corrected chi connectivity index (χ3v) is 4.25. The van der Waals surface area contributed by atoms with Crippen LogP contribution in [-0.4, -0.2) is 22.2 Å². The maximum absolute atomic E-state index is 12.3. The van der Waals surface area contributed by atoms with Gasteiger partial charge in [-0.05, 0) is 42.5 Å². The SMILES string of the molecule is Nc1c(NNC(=O)c2ccc(Cl)cc2Cl)ncnc1Nc1ccc(OC(F)(F)F)cc1. The van der Waals surface area contributed by atoms with Gasteiger partial charge in [-0.3, -0.25) is 15.6 Å². The van der Waals surface area contributed by atoms with Gasteiger partial charge in [0.05, 0.1) is 10.6 Å². The molecule has 0 saturated carbocycles. The van der Waals surface area contributed by atoms with Crippen molar-refractivity contribution >= 4 is 52.1 Å². The Balaban J connectivity index is 1.68. The third kappa shape index (κ3) is 6.03. The molecular formula is C18H13Cl2F3N6O2. The predicted octanol–water partition coefficient (Wildman–Crippen LogP) is 4.76. The van der Waals surface area contributed by atoms with Crippen molar-refractivity contribution in [1.29, 1.82) is 0 Å². The lowest BCUT2D eigenvalue weighted by Crippen LogP contribution is -2.30. The zero-order valence-electron chi connectivity index (χ0n) is 15.3. The summed E-state index contributed by atoms with van der Waals surface area (Å²) in [5.74, 6) is -0.706. The minimum Gasteiger partial charge on any atom is -0.406 e. The van der Waals surface area contributed by atoms with Crippen LogP contribution in [0.5, 0.6) is 5.75 Å². The first-order chi connectivity index (χ1) is 14.6. The number of hydrogen-bond acceptors (Lipinski definition) is 7. The van der Waals surface area contributed by atoms with Crippen molar-refractivity contribution in [3.05, 3.63) is 64.4 Å². The highest BCUT2D eigenvalue weighted by Gasteiger charge is 2.31. The van der Waals surface area contributed by atoms with E-state index in [0.29, 0.717) is 10.7 Å². The van der Waals surface area contributed by atoms with E-state index in [2.05, 4.69) is 30.9 Å². The number of amides is 1. The molecule has 0 aliphatic heterocycles. The Morgan fingerprint density at radius 2 is 1.71 bits per heavy atom. The first kappa shape index (κ1) is 22.2. The number of nitrogens with one attached hydrogen (secondary N) is 3. The number of nitrogen functional groups attached to an aromatic ring is 1. The Bertz CT molecular complexity index is 1100. The molecule has 1 aromatic heterocycles. The van der Waals surface area contributed by atoms with Gasteiger partial charge in [0.2, 0.25) is 0 Å². The van der Waals surface area contributed by atoms with Gasteiger partial charge in [0.15, 0.2) is 11.6 Å². The summed E-state index contributed by atoms with van der Waals surface area (Å²) < 4.78 is 40.5. The lowest BCUT2D eigenvalue weighted by Gasteiger charge is -2.14. The number of halogens is 5. The van der Waals surface area contributed by atoms with Gasteiger partial charge in [-0.15, -0.1) is 13.2 Å². The van der Waals surface area contributed by atoms with Crippen molar-refractivity contribution in [1.82, 2.24) is 15.4 Å². The van der Waals surface area contributed by atoms with Crippen LogP contribution in [0.15, 0.2) is 48.8 Å². The molecule has 0 atom stereocenters. The summed E-state index contributed by atoms with van der Waals surface area (Å²) >= 11 is 11.8. The topological polar surface area (TPSA) is 114 Å². The van der Waals surface area contributed by atoms with E-state index in [1.165, 1.54) is 36.7 Å². The number of carbonyl (C=O) groups is 1. The molecule has 1 heterocycles. The van der Waals surface area contributed by atoms with E-state index in [-0.39, 0.29) is 33.7 Å². The summed E-state index contributed by atoms with van der Waals surface area (Å²) in [7, 11) is 0. The Kier molecular flexibility index (Phi) is 6.56. The minimum absolute atomic E-state index is 0.0422. The molecule has 0 fully saturated rings. The second kappa shape index (κ2) is 9.14. The van der Waals surface area contributed by atoms with E-state index in [1.54, 1.807) is 0 Å². The molecule has 0 radical (unpaired) electrons. The molecule has 162 valence electrons. The predicted molar refractivity (Wildman–Crippen MR) is 110 cm³/mol.